The number of rotatable bonds is 8. The molecular weight excluding hydrogens is 292 g/mol. The van der Waals surface area contributed by atoms with Crippen molar-refractivity contribution in [3.05, 3.63) is 34.9 Å². The fourth-order valence-corrected chi connectivity index (χ4v) is 2.03. The molecule has 5 nitrogen and oxygen atoms in total. The van der Waals surface area contributed by atoms with Gasteiger partial charge in [0.25, 0.3) is 0 Å². The van der Waals surface area contributed by atoms with Gasteiger partial charge in [0.1, 0.15) is 0 Å². The maximum absolute atomic E-state index is 11.6. The second-order valence-corrected chi connectivity index (χ2v) is 5.43. The van der Waals surface area contributed by atoms with Crippen LogP contribution in [0.2, 0.25) is 5.02 Å². The SMILES string of the molecule is CC(CCNC(=O)NCc1ccccc1Cl)CCC(=O)O. The molecule has 116 valence electrons. The number of hydrogen-bond acceptors (Lipinski definition) is 2. The number of carbonyl (C=O) groups is 2. The first-order valence-electron chi connectivity index (χ1n) is 6.96. The van der Waals surface area contributed by atoms with Crippen molar-refractivity contribution < 1.29 is 14.7 Å². The van der Waals surface area contributed by atoms with Crippen LogP contribution in [0.1, 0.15) is 31.7 Å². The first-order chi connectivity index (χ1) is 9.99. The molecule has 0 aliphatic carbocycles. The van der Waals surface area contributed by atoms with E-state index in [0.717, 1.165) is 12.0 Å². The molecule has 1 rings (SSSR count). The zero-order valence-electron chi connectivity index (χ0n) is 12.1. The molecule has 2 amide bonds. The summed E-state index contributed by atoms with van der Waals surface area (Å²) in [6.45, 7) is 2.88. The van der Waals surface area contributed by atoms with Crippen LogP contribution in [0.5, 0.6) is 0 Å². The van der Waals surface area contributed by atoms with Crippen molar-refractivity contribution in [3.63, 3.8) is 0 Å². The van der Waals surface area contributed by atoms with Gasteiger partial charge >= 0.3 is 12.0 Å². The number of amides is 2. The molecule has 1 atom stereocenters. The normalized spacial score (nSPS) is 11.7. The number of halogens is 1. The lowest BCUT2D eigenvalue weighted by Crippen LogP contribution is -2.36. The summed E-state index contributed by atoms with van der Waals surface area (Å²) < 4.78 is 0. The van der Waals surface area contributed by atoms with E-state index in [1.54, 1.807) is 6.07 Å². The highest BCUT2D eigenvalue weighted by atomic mass is 35.5. The smallest absolute Gasteiger partial charge is 0.315 e. The number of hydrogen-bond donors (Lipinski definition) is 3. The van der Waals surface area contributed by atoms with E-state index < -0.39 is 5.97 Å². The Bertz CT molecular complexity index is 480. The first-order valence-corrected chi connectivity index (χ1v) is 7.33. The Morgan fingerprint density at radius 3 is 2.62 bits per heavy atom. The molecular formula is C15H21ClN2O3. The molecule has 0 saturated carbocycles. The molecule has 0 aliphatic heterocycles. The molecule has 1 unspecified atom stereocenters. The van der Waals surface area contributed by atoms with E-state index in [-0.39, 0.29) is 18.4 Å². The highest BCUT2D eigenvalue weighted by Gasteiger charge is 2.07. The number of carboxylic acid groups (broad SMARTS) is 1. The van der Waals surface area contributed by atoms with Gasteiger partial charge in [0.15, 0.2) is 0 Å². The summed E-state index contributed by atoms with van der Waals surface area (Å²) in [5.74, 6) is -0.516. The van der Waals surface area contributed by atoms with Gasteiger partial charge in [-0.05, 0) is 30.4 Å². The standard InChI is InChI=1S/C15H21ClN2O3/c1-11(6-7-14(19)20)8-9-17-15(21)18-10-12-4-2-3-5-13(12)16/h2-5,11H,6-10H2,1H3,(H,19,20)(H2,17,18,21). The lowest BCUT2D eigenvalue weighted by atomic mass is 10.0. The Labute approximate surface area is 129 Å². The Balaban J connectivity index is 2.17. The van der Waals surface area contributed by atoms with Crippen LogP contribution in [-0.4, -0.2) is 23.7 Å². The third-order valence-corrected chi connectivity index (χ3v) is 3.54. The fourth-order valence-electron chi connectivity index (χ4n) is 1.83. The van der Waals surface area contributed by atoms with Crippen LogP contribution in [0.15, 0.2) is 24.3 Å². The average molecular weight is 313 g/mol. The second-order valence-electron chi connectivity index (χ2n) is 5.03. The lowest BCUT2D eigenvalue weighted by Gasteiger charge is -2.12. The first kappa shape index (κ1) is 17.3. The molecule has 21 heavy (non-hydrogen) atoms. The van der Waals surface area contributed by atoms with E-state index in [2.05, 4.69) is 10.6 Å². The number of benzene rings is 1. The van der Waals surface area contributed by atoms with Crippen LogP contribution in [0.3, 0.4) is 0 Å². The lowest BCUT2D eigenvalue weighted by molar-refractivity contribution is -0.137. The van der Waals surface area contributed by atoms with Crippen LogP contribution < -0.4 is 10.6 Å². The van der Waals surface area contributed by atoms with Gasteiger partial charge in [-0.1, -0.05) is 36.7 Å². The van der Waals surface area contributed by atoms with Crippen LogP contribution in [0.25, 0.3) is 0 Å². The van der Waals surface area contributed by atoms with Gasteiger partial charge in [-0.3, -0.25) is 4.79 Å². The molecule has 1 aromatic rings. The van der Waals surface area contributed by atoms with E-state index in [1.165, 1.54) is 0 Å². The quantitative estimate of drug-likeness (QED) is 0.690. The number of carboxylic acids is 1. The van der Waals surface area contributed by atoms with E-state index in [1.807, 2.05) is 25.1 Å². The summed E-state index contributed by atoms with van der Waals surface area (Å²) in [7, 11) is 0. The molecule has 0 spiro atoms. The van der Waals surface area contributed by atoms with Crippen LogP contribution in [-0.2, 0) is 11.3 Å². The Morgan fingerprint density at radius 2 is 1.95 bits per heavy atom. The molecule has 0 aromatic heterocycles. The van der Waals surface area contributed by atoms with E-state index in [4.69, 9.17) is 16.7 Å². The molecule has 0 saturated heterocycles. The average Bonchev–Trinajstić information content (AvgIpc) is 2.44. The third kappa shape index (κ3) is 7.56. The molecule has 0 aliphatic rings. The summed E-state index contributed by atoms with van der Waals surface area (Å²) in [6.07, 6.45) is 1.55. The van der Waals surface area contributed by atoms with E-state index in [0.29, 0.717) is 24.5 Å². The summed E-state index contributed by atoms with van der Waals surface area (Å²) in [5.41, 5.74) is 0.865. The maximum Gasteiger partial charge on any atom is 0.315 e. The molecule has 0 heterocycles. The van der Waals surface area contributed by atoms with Crippen LogP contribution in [0, 0.1) is 5.92 Å². The predicted molar refractivity (Wildman–Crippen MR) is 82.3 cm³/mol. The van der Waals surface area contributed by atoms with Gasteiger partial charge in [0.2, 0.25) is 0 Å². The molecule has 0 radical (unpaired) electrons. The fraction of sp³-hybridized carbons (Fsp3) is 0.467. The van der Waals surface area contributed by atoms with Crippen LogP contribution >= 0.6 is 11.6 Å². The van der Waals surface area contributed by atoms with Crippen LogP contribution in [0.4, 0.5) is 4.79 Å². The Kier molecular flexibility index (Phi) is 7.61. The summed E-state index contributed by atoms with van der Waals surface area (Å²) in [5, 5.41) is 14.7. The van der Waals surface area contributed by atoms with Gasteiger partial charge in [-0.15, -0.1) is 0 Å². The van der Waals surface area contributed by atoms with Crippen molar-refractivity contribution >= 4 is 23.6 Å². The molecule has 3 N–H and O–H groups in total. The number of aliphatic carboxylic acids is 1. The number of carbonyl (C=O) groups excluding carboxylic acids is 1. The zero-order valence-corrected chi connectivity index (χ0v) is 12.8. The maximum atomic E-state index is 11.6. The molecule has 6 heteroatoms. The van der Waals surface area contributed by atoms with Crippen molar-refractivity contribution in [1.82, 2.24) is 10.6 Å². The van der Waals surface area contributed by atoms with Gasteiger partial charge < -0.3 is 15.7 Å². The van der Waals surface area contributed by atoms with E-state index >= 15 is 0 Å². The van der Waals surface area contributed by atoms with Crippen molar-refractivity contribution in [2.75, 3.05) is 6.54 Å². The summed E-state index contributed by atoms with van der Waals surface area (Å²) in [6, 6.07) is 7.09. The molecule has 1 aromatic carbocycles. The highest BCUT2D eigenvalue weighted by molar-refractivity contribution is 6.31. The van der Waals surface area contributed by atoms with Gasteiger partial charge in [-0.25, -0.2) is 4.79 Å². The zero-order chi connectivity index (χ0) is 15.7. The van der Waals surface area contributed by atoms with Crippen molar-refractivity contribution in [2.45, 2.75) is 32.7 Å². The minimum Gasteiger partial charge on any atom is -0.481 e. The number of nitrogens with one attached hydrogen (secondary N) is 2. The number of urea groups is 1. The van der Waals surface area contributed by atoms with Crippen molar-refractivity contribution in [3.8, 4) is 0 Å². The highest BCUT2D eigenvalue weighted by Crippen LogP contribution is 2.14. The van der Waals surface area contributed by atoms with Crippen molar-refractivity contribution in [1.29, 1.82) is 0 Å². The largest absolute Gasteiger partial charge is 0.481 e. The van der Waals surface area contributed by atoms with Gasteiger partial charge in [0.05, 0.1) is 0 Å². The third-order valence-electron chi connectivity index (χ3n) is 3.17. The second kappa shape index (κ2) is 9.23. The minimum absolute atomic E-state index is 0.167. The molecule has 0 fully saturated rings. The van der Waals surface area contributed by atoms with Gasteiger partial charge in [0, 0.05) is 24.5 Å². The van der Waals surface area contributed by atoms with Crippen molar-refractivity contribution in [2.24, 2.45) is 5.92 Å². The Morgan fingerprint density at radius 1 is 1.24 bits per heavy atom. The monoisotopic (exact) mass is 312 g/mol. The Hall–Kier alpha value is -1.75. The predicted octanol–water partition coefficient (Wildman–Crippen LogP) is 3.03. The minimum atomic E-state index is -0.785. The molecule has 0 bridgehead atoms. The van der Waals surface area contributed by atoms with Gasteiger partial charge in [-0.2, -0.15) is 0 Å². The van der Waals surface area contributed by atoms with E-state index in [9.17, 15) is 9.59 Å². The topological polar surface area (TPSA) is 78.4 Å². The summed E-state index contributed by atoms with van der Waals surface area (Å²) >= 11 is 5.99. The summed E-state index contributed by atoms with van der Waals surface area (Å²) in [4.78, 5) is 22.1.